The first-order chi connectivity index (χ1) is 21.9. The van der Waals surface area contributed by atoms with E-state index < -0.39 is 17.8 Å². The van der Waals surface area contributed by atoms with Crippen LogP contribution in [0.5, 0.6) is 0 Å². The van der Waals surface area contributed by atoms with Crippen molar-refractivity contribution in [1.82, 2.24) is 34.9 Å². The average molecular weight is 660 g/mol. The van der Waals surface area contributed by atoms with Crippen LogP contribution in [0.3, 0.4) is 0 Å². The second-order valence-electron chi connectivity index (χ2n) is 12.7. The predicted octanol–water partition coefficient (Wildman–Crippen LogP) is 3.79. The van der Waals surface area contributed by atoms with Crippen LogP contribution in [-0.2, 0) is 13.2 Å². The zero-order valence-corrected chi connectivity index (χ0v) is 25.6. The van der Waals surface area contributed by atoms with E-state index in [9.17, 15) is 27.6 Å². The number of nitrogens with two attached hydrogens (primary N) is 1. The number of aromatic nitrogens is 4. The largest absolute Gasteiger partial charge is 0.435 e. The molecule has 7 rings (SSSR count). The Morgan fingerprint density at radius 3 is 2.41 bits per heavy atom. The van der Waals surface area contributed by atoms with Crippen molar-refractivity contribution in [2.24, 2.45) is 24.6 Å². The van der Waals surface area contributed by atoms with Crippen LogP contribution in [0.1, 0.15) is 64.8 Å². The van der Waals surface area contributed by atoms with Crippen LogP contribution in [0.25, 0.3) is 11.3 Å². The Kier molecular flexibility index (Phi) is 7.50. The number of halogens is 4. The molecule has 4 amide bonds. The standard InChI is InChI=1S/C30H33ClF3N9O3/c1-41-23(19-13-43(15-6-7-15)40-25(19)30(32,33)34)10-36-26(41)28(45)37-14-5-8-16(20(31)9-14)27(44)39-24-17-11-42(12-18(17)24)29(46)38-22-4-2-3-21(22)35/h5,8-10,13,15,17-18,21-22,24H,2-4,6-7,11-12,35H2,1H3,(H,37,45)(H,38,46)(H,39,44)/t17?,18?,21-,22+,24?/m0/s1. The monoisotopic (exact) mass is 659 g/mol. The minimum atomic E-state index is -4.67. The van der Waals surface area contributed by atoms with E-state index in [1.165, 1.54) is 46.9 Å². The van der Waals surface area contributed by atoms with Crippen LogP contribution in [0.2, 0.25) is 5.02 Å². The van der Waals surface area contributed by atoms with Gasteiger partial charge < -0.3 is 31.2 Å². The van der Waals surface area contributed by atoms with Crippen molar-refractivity contribution in [3.63, 3.8) is 0 Å². The summed E-state index contributed by atoms with van der Waals surface area (Å²) in [5.74, 6) is -0.811. The van der Waals surface area contributed by atoms with Crippen molar-refractivity contribution in [2.75, 3.05) is 18.4 Å². The highest BCUT2D eigenvalue weighted by Crippen LogP contribution is 2.46. The highest BCUT2D eigenvalue weighted by atomic mass is 35.5. The molecule has 2 aromatic heterocycles. The molecule has 4 fully saturated rings. The average Bonchev–Trinajstić information content (AvgIpc) is 3.62. The fourth-order valence-electron chi connectivity index (χ4n) is 6.70. The summed E-state index contributed by atoms with van der Waals surface area (Å²) in [4.78, 5) is 44.6. The number of fused-ring (bicyclic) bond motifs is 1. The molecule has 0 bridgehead atoms. The summed E-state index contributed by atoms with van der Waals surface area (Å²) in [5.41, 5.74) is 5.48. The molecule has 2 unspecified atom stereocenters. The lowest BCUT2D eigenvalue weighted by molar-refractivity contribution is -0.141. The first kappa shape index (κ1) is 30.5. The number of nitrogens with one attached hydrogen (secondary N) is 3. The molecule has 1 aromatic carbocycles. The number of hydrogen-bond donors (Lipinski definition) is 4. The number of likely N-dealkylation sites (tertiary alicyclic amines) is 1. The van der Waals surface area contributed by atoms with Crippen molar-refractivity contribution in [3.8, 4) is 11.3 Å². The molecular formula is C30H33ClF3N9O3. The van der Waals surface area contributed by atoms with Crippen LogP contribution in [-0.4, -0.2) is 73.3 Å². The van der Waals surface area contributed by atoms with Gasteiger partial charge in [-0.1, -0.05) is 11.6 Å². The van der Waals surface area contributed by atoms with Crippen molar-refractivity contribution in [3.05, 3.63) is 52.7 Å². The molecule has 1 aliphatic heterocycles. The number of nitrogens with zero attached hydrogens (tertiary/aromatic N) is 5. The van der Waals surface area contributed by atoms with Crippen molar-refractivity contribution in [2.45, 2.75) is 62.4 Å². The molecule has 46 heavy (non-hydrogen) atoms. The van der Waals surface area contributed by atoms with Gasteiger partial charge in [0.15, 0.2) is 11.5 Å². The predicted molar refractivity (Wildman–Crippen MR) is 161 cm³/mol. The van der Waals surface area contributed by atoms with Gasteiger partial charge in [-0.2, -0.15) is 18.3 Å². The highest BCUT2D eigenvalue weighted by molar-refractivity contribution is 6.34. The zero-order valence-electron chi connectivity index (χ0n) is 24.9. The SMILES string of the molecule is Cn1c(-c2cn(C3CC3)nc2C(F)(F)F)cnc1C(=O)Nc1ccc(C(=O)NC2C3CN(C(=O)N[C@@H]4CCC[C@@H]4N)CC32)c(Cl)c1. The normalized spacial score (nSPS) is 25.3. The van der Waals surface area contributed by atoms with Crippen LogP contribution < -0.4 is 21.7 Å². The van der Waals surface area contributed by atoms with Crippen LogP contribution >= 0.6 is 11.6 Å². The number of alkyl halides is 3. The van der Waals surface area contributed by atoms with Gasteiger partial charge in [0.25, 0.3) is 11.8 Å². The third kappa shape index (κ3) is 5.70. The third-order valence-electron chi connectivity index (χ3n) is 9.52. The van der Waals surface area contributed by atoms with E-state index in [4.69, 9.17) is 17.3 Å². The van der Waals surface area contributed by atoms with Gasteiger partial charge in [0, 0.05) is 62.0 Å². The van der Waals surface area contributed by atoms with Gasteiger partial charge in [0.05, 0.1) is 34.1 Å². The van der Waals surface area contributed by atoms with E-state index >= 15 is 0 Å². The van der Waals surface area contributed by atoms with E-state index in [1.54, 1.807) is 4.90 Å². The minimum Gasteiger partial charge on any atom is -0.349 e. The lowest BCUT2D eigenvalue weighted by atomic mass is 10.2. The van der Waals surface area contributed by atoms with Gasteiger partial charge in [-0.15, -0.1) is 0 Å². The number of benzene rings is 1. The molecular weight excluding hydrogens is 627 g/mol. The quantitative estimate of drug-likeness (QED) is 0.303. The van der Waals surface area contributed by atoms with Crippen LogP contribution in [0.15, 0.2) is 30.6 Å². The number of amides is 4. The maximum Gasteiger partial charge on any atom is 0.435 e. The Labute approximate surface area is 266 Å². The second-order valence-corrected chi connectivity index (χ2v) is 13.1. The topological polar surface area (TPSA) is 152 Å². The molecule has 3 aromatic rings. The molecule has 0 spiro atoms. The molecule has 3 heterocycles. The molecule has 16 heteroatoms. The highest BCUT2D eigenvalue weighted by Gasteiger charge is 2.57. The maximum atomic E-state index is 13.7. The molecule has 4 aliphatic rings. The molecule has 3 aliphatic carbocycles. The van der Waals surface area contributed by atoms with E-state index in [2.05, 4.69) is 26.0 Å². The Hall–Kier alpha value is -4.11. The summed E-state index contributed by atoms with van der Waals surface area (Å²) in [5, 5.41) is 12.6. The molecule has 0 radical (unpaired) electrons. The Bertz CT molecular complexity index is 1710. The Morgan fingerprint density at radius 1 is 1.04 bits per heavy atom. The van der Waals surface area contributed by atoms with E-state index in [0.717, 1.165) is 32.1 Å². The number of urea groups is 1. The van der Waals surface area contributed by atoms with E-state index in [-0.39, 0.29) is 81.3 Å². The summed E-state index contributed by atoms with van der Waals surface area (Å²) >= 11 is 6.42. The first-order valence-corrected chi connectivity index (χ1v) is 15.7. The summed E-state index contributed by atoms with van der Waals surface area (Å²) in [6.07, 6.45) is 2.21. The number of piperidine rings is 1. The minimum absolute atomic E-state index is 0.00477. The third-order valence-corrected chi connectivity index (χ3v) is 9.83. The smallest absolute Gasteiger partial charge is 0.349 e. The first-order valence-electron chi connectivity index (χ1n) is 15.3. The maximum absolute atomic E-state index is 13.7. The van der Waals surface area contributed by atoms with E-state index in [1.807, 2.05) is 0 Å². The van der Waals surface area contributed by atoms with Gasteiger partial charge in [0.1, 0.15) is 0 Å². The van der Waals surface area contributed by atoms with Gasteiger partial charge in [0.2, 0.25) is 0 Å². The Balaban J connectivity index is 0.958. The lowest BCUT2D eigenvalue weighted by Crippen LogP contribution is -2.50. The van der Waals surface area contributed by atoms with Gasteiger partial charge >= 0.3 is 12.2 Å². The van der Waals surface area contributed by atoms with Gasteiger partial charge in [-0.25, -0.2) is 9.78 Å². The second kappa shape index (κ2) is 11.3. The van der Waals surface area contributed by atoms with Gasteiger partial charge in [-0.3, -0.25) is 14.3 Å². The number of imidazole rings is 1. The zero-order chi connectivity index (χ0) is 32.5. The molecule has 244 valence electrons. The number of rotatable bonds is 7. The van der Waals surface area contributed by atoms with Gasteiger partial charge in [-0.05, 0) is 50.3 Å². The number of hydrogen-bond acceptors (Lipinski definition) is 6. The van der Waals surface area contributed by atoms with Crippen LogP contribution in [0, 0.1) is 11.8 Å². The molecule has 5 N–H and O–H groups in total. The summed E-state index contributed by atoms with van der Waals surface area (Å²) < 4.78 is 43.8. The fraction of sp³-hybridized carbons (Fsp3) is 0.500. The van der Waals surface area contributed by atoms with E-state index in [0.29, 0.717) is 13.1 Å². The molecule has 3 saturated carbocycles. The molecule has 12 nitrogen and oxygen atoms in total. The van der Waals surface area contributed by atoms with Crippen molar-refractivity contribution in [1.29, 1.82) is 0 Å². The number of carbonyl (C=O) groups is 3. The summed E-state index contributed by atoms with van der Waals surface area (Å²) in [7, 11) is 1.45. The summed E-state index contributed by atoms with van der Waals surface area (Å²) in [6.45, 7) is 1.11. The molecule has 4 atom stereocenters. The number of anilines is 1. The number of carbonyl (C=O) groups excluding carboxylic acids is 3. The lowest BCUT2D eigenvalue weighted by Gasteiger charge is -2.25. The van der Waals surface area contributed by atoms with Crippen molar-refractivity contribution >= 4 is 35.1 Å². The fourth-order valence-corrected chi connectivity index (χ4v) is 6.97. The summed E-state index contributed by atoms with van der Waals surface area (Å²) in [6, 6.07) is 4.18. The van der Waals surface area contributed by atoms with Crippen LogP contribution in [0.4, 0.5) is 23.7 Å². The van der Waals surface area contributed by atoms with Crippen molar-refractivity contribution < 1.29 is 27.6 Å². The molecule has 1 saturated heterocycles. The Morgan fingerprint density at radius 2 is 1.78 bits per heavy atom.